The van der Waals surface area contributed by atoms with E-state index >= 15 is 0 Å². The van der Waals surface area contributed by atoms with Gasteiger partial charge in [0.2, 0.25) is 5.91 Å². The summed E-state index contributed by atoms with van der Waals surface area (Å²) in [6, 6.07) is 5.67. The molecule has 1 aromatic heterocycles. The minimum Gasteiger partial charge on any atom is -0.399 e. The molecule has 20 heavy (non-hydrogen) atoms. The SMILES string of the molecule is NC(=O)C(Cc1cnc[nH]1)NC(=O)c1cccc(N)c1. The number of aromatic nitrogens is 2. The van der Waals surface area contributed by atoms with E-state index in [1.165, 1.54) is 12.4 Å². The predicted octanol–water partition coefficient (Wildman–Crippen LogP) is -0.182. The third kappa shape index (κ3) is 3.35. The number of H-pyrrole nitrogens is 1. The highest BCUT2D eigenvalue weighted by Crippen LogP contribution is 2.07. The Morgan fingerprint density at radius 3 is 2.80 bits per heavy atom. The standard InChI is InChI=1S/C13H15N5O2/c14-9-3-1-2-8(4-9)13(20)18-11(12(15)19)5-10-6-16-7-17-10/h1-4,6-7,11H,5,14H2,(H2,15,19)(H,16,17)(H,18,20). The summed E-state index contributed by atoms with van der Waals surface area (Å²) in [5.41, 5.74) is 12.5. The van der Waals surface area contributed by atoms with Gasteiger partial charge in [0.15, 0.2) is 0 Å². The van der Waals surface area contributed by atoms with Crippen LogP contribution in [0.2, 0.25) is 0 Å². The molecule has 0 fully saturated rings. The Hall–Kier alpha value is -2.83. The molecule has 1 heterocycles. The molecule has 0 spiro atoms. The van der Waals surface area contributed by atoms with Crippen LogP contribution in [-0.4, -0.2) is 27.8 Å². The fourth-order valence-corrected chi connectivity index (χ4v) is 1.76. The lowest BCUT2D eigenvalue weighted by Gasteiger charge is -2.14. The molecular formula is C13H15N5O2. The molecule has 2 amide bonds. The van der Waals surface area contributed by atoms with Crippen LogP contribution in [0.3, 0.4) is 0 Å². The largest absolute Gasteiger partial charge is 0.399 e. The number of nitrogens with one attached hydrogen (secondary N) is 2. The van der Waals surface area contributed by atoms with Crippen LogP contribution in [0, 0.1) is 0 Å². The lowest BCUT2D eigenvalue weighted by molar-refractivity contribution is -0.119. The Labute approximate surface area is 115 Å². The molecule has 1 atom stereocenters. The van der Waals surface area contributed by atoms with E-state index in [1.54, 1.807) is 24.4 Å². The summed E-state index contributed by atoms with van der Waals surface area (Å²) in [6.45, 7) is 0. The molecule has 6 N–H and O–H groups in total. The normalized spacial score (nSPS) is 11.8. The molecule has 0 radical (unpaired) electrons. The number of benzene rings is 1. The zero-order chi connectivity index (χ0) is 14.5. The van der Waals surface area contributed by atoms with Gasteiger partial charge < -0.3 is 21.8 Å². The molecule has 1 aromatic carbocycles. The van der Waals surface area contributed by atoms with Gasteiger partial charge in [-0.3, -0.25) is 9.59 Å². The molecule has 0 aliphatic carbocycles. The zero-order valence-electron chi connectivity index (χ0n) is 10.7. The molecule has 2 aromatic rings. The van der Waals surface area contributed by atoms with E-state index in [0.717, 1.165) is 0 Å². The van der Waals surface area contributed by atoms with E-state index in [-0.39, 0.29) is 6.42 Å². The van der Waals surface area contributed by atoms with Crippen molar-refractivity contribution in [1.82, 2.24) is 15.3 Å². The Morgan fingerprint density at radius 1 is 1.40 bits per heavy atom. The number of aromatic amines is 1. The van der Waals surface area contributed by atoms with E-state index in [9.17, 15) is 9.59 Å². The summed E-state index contributed by atoms with van der Waals surface area (Å²) in [7, 11) is 0. The van der Waals surface area contributed by atoms with Crippen LogP contribution >= 0.6 is 0 Å². The maximum absolute atomic E-state index is 12.0. The van der Waals surface area contributed by atoms with Crippen LogP contribution in [0.5, 0.6) is 0 Å². The number of carbonyl (C=O) groups excluding carboxylic acids is 2. The zero-order valence-corrected chi connectivity index (χ0v) is 10.7. The van der Waals surface area contributed by atoms with Crippen LogP contribution in [0.1, 0.15) is 16.1 Å². The molecule has 104 valence electrons. The number of imidazole rings is 1. The van der Waals surface area contributed by atoms with Gasteiger partial charge in [0.05, 0.1) is 6.33 Å². The van der Waals surface area contributed by atoms with Crippen molar-refractivity contribution in [2.24, 2.45) is 5.73 Å². The number of hydrogen-bond acceptors (Lipinski definition) is 4. The second-order valence-electron chi connectivity index (χ2n) is 4.33. The van der Waals surface area contributed by atoms with Crippen molar-refractivity contribution in [2.75, 3.05) is 5.73 Å². The fraction of sp³-hybridized carbons (Fsp3) is 0.154. The molecule has 0 saturated carbocycles. The van der Waals surface area contributed by atoms with Crippen LogP contribution in [0.4, 0.5) is 5.69 Å². The number of nitrogen functional groups attached to an aromatic ring is 1. The van der Waals surface area contributed by atoms with Crippen molar-refractivity contribution in [3.8, 4) is 0 Å². The minimum atomic E-state index is -0.815. The minimum absolute atomic E-state index is 0.253. The third-order valence-electron chi connectivity index (χ3n) is 2.78. The van der Waals surface area contributed by atoms with Gasteiger partial charge in [-0.1, -0.05) is 6.07 Å². The first-order chi connectivity index (χ1) is 9.56. The van der Waals surface area contributed by atoms with Gasteiger partial charge in [-0.05, 0) is 18.2 Å². The van der Waals surface area contributed by atoms with E-state index < -0.39 is 17.9 Å². The average molecular weight is 273 g/mol. The topological polar surface area (TPSA) is 127 Å². The number of primary amides is 1. The van der Waals surface area contributed by atoms with Gasteiger partial charge in [0.25, 0.3) is 5.91 Å². The Bertz CT molecular complexity index is 609. The van der Waals surface area contributed by atoms with E-state index in [4.69, 9.17) is 11.5 Å². The number of amides is 2. The number of carbonyl (C=O) groups is 2. The van der Waals surface area contributed by atoms with Crippen LogP contribution in [0.25, 0.3) is 0 Å². The van der Waals surface area contributed by atoms with Gasteiger partial charge in [0, 0.05) is 29.6 Å². The fourth-order valence-electron chi connectivity index (χ4n) is 1.76. The summed E-state index contributed by atoms with van der Waals surface area (Å²) in [5, 5.41) is 2.58. The van der Waals surface area contributed by atoms with Gasteiger partial charge in [-0.2, -0.15) is 0 Å². The van der Waals surface area contributed by atoms with Gasteiger partial charge in [-0.15, -0.1) is 0 Å². The first-order valence-corrected chi connectivity index (χ1v) is 5.99. The first kappa shape index (κ1) is 13.6. The maximum atomic E-state index is 12.0. The van der Waals surface area contributed by atoms with E-state index in [0.29, 0.717) is 16.9 Å². The lowest BCUT2D eigenvalue weighted by Crippen LogP contribution is -2.45. The average Bonchev–Trinajstić information content (AvgIpc) is 2.90. The van der Waals surface area contributed by atoms with E-state index in [2.05, 4.69) is 15.3 Å². The molecule has 7 heteroatoms. The second kappa shape index (κ2) is 5.87. The number of rotatable bonds is 5. The van der Waals surface area contributed by atoms with Crippen molar-refractivity contribution < 1.29 is 9.59 Å². The molecule has 0 saturated heterocycles. The smallest absolute Gasteiger partial charge is 0.252 e. The van der Waals surface area contributed by atoms with Gasteiger partial charge >= 0.3 is 0 Å². The Morgan fingerprint density at radius 2 is 2.20 bits per heavy atom. The van der Waals surface area contributed by atoms with Crippen molar-refractivity contribution in [2.45, 2.75) is 12.5 Å². The van der Waals surface area contributed by atoms with Crippen LogP contribution in [0.15, 0.2) is 36.8 Å². The molecule has 2 rings (SSSR count). The first-order valence-electron chi connectivity index (χ1n) is 5.99. The highest BCUT2D eigenvalue weighted by atomic mass is 16.2. The van der Waals surface area contributed by atoms with Gasteiger partial charge in [0.1, 0.15) is 6.04 Å². The van der Waals surface area contributed by atoms with Crippen LogP contribution < -0.4 is 16.8 Å². The quantitative estimate of drug-likeness (QED) is 0.563. The molecule has 1 unspecified atom stereocenters. The van der Waals surface area contributed by atoms with Crippen molar-refractivity contribution in [3.05, 3.63) is 48.0 Å². The maximum Gasteiger partial charge on any atom is 0.252 e. The predicted molar refractivity (Wildman–Crippen MR) is 73.6 cm³/mol. The highest BCUT2D eigenvalue weighted by molar-refractivity contribution is 5.97. The molecule has 7 nitrogen and oxygen atoms in total. The summed E-state index contributed by atoms with van der Waals surface area (Å²) in [6.07, 6.45) is 3.32. The number of hydrogen-bond donors (Lipinski definition) is 4. The monoisotopic (exact) mass is 273 g/mol. The summed E-state index contributed by atoms with van der Waals surface area (Å²) in [4.78, 5) is 30.1. The molecular weight excluding hydrogens is 258 g/mol. The Kier molecular flexibility index (Phi) is 3.99. The van der Waals surface area contributed by atoms with E-state index in [1.807, 2.05) is 0 Å². The molecule has 0 bridgehead atoms. The van der Waals surface area contributed by atoms with Crippen LogP contribution in [-0.2, 0) is 11.2 Å². The second-order valence-corrected chi connectivity index (χ2v) is 4.33. The summed E-state index contributed by atoms with van der Waals surface area (Å²) in [5.74, 6) is -1.02. The third-order valence-corrected chi connectivity index (χ3v) is 2.78. The highest BCUT2D eigenvalue weighted by Gasteiger charge is 2.20. The molecule has 0 aliphatic heterocycles. The number of nitrogens with two attached hydrogens (primary N) is 2. The molecule has 0 aliphatic rings. The Balaban J connectivity index is 2.08. The van der Waals surface area contributed by atoms with Gasteiger partial charge in [-0.25, -0.2) is 4.98 Å². The summed E-state index contributed by atoms with van der Waals surface area (Å²) < 4.78 is 0. The lowest BCUT2D eigenvalue weighted by atomic mass is 10.1. The van der Waals surface area contributed by atoms with Crippen molar-refractivity contribution in [1.29, 1.82) is 0 Å². The summed E-state index contributed by atoms with van der Waals surface area (Å²) >= 11 is 0. The van der Waals surface area contributed by atoms with Crippen molar-refractivity contribution in [3.63, 3.8) is 0 Å². The number of nitrogens with zero attached hydrogens (tertiary/aromatic N) is 1. The van der Waals surface area contributed by atoms with Crippen molar-refractivity contribution >= 4 is 17.5 Å². The number of anilines is 1.